The van der Waals surface area contributed by atoms with Gasteiger partial charge in [0, 0.05) is 66.8 Å². The Morgan fingerprint density at radius 2 is 1.79 bits per heavy atom. The Kier molecular flexibility index (Phi) is 4.53. The third kappa shape index (κ3) is 3.61. The van der Waals surface area contributed by atoms with Crippen molar-refractivity contribution >= 4 is 11.6 Å². The second-order valence-corrected chi connectivity index (χ2v) is 7.40. The number of halogens is 1. The summed E-state index contributed by atoms with van der Waals surface area (Å²) in [6.07, 6.45) is 6.70. The molecule has 1 aromatic carbocycles. The lowest BCUT2D eigenvalue weighted by atomic mass is 10.1. The monoisotopic (exact) mass is 342 g/mol. The molecular weight excluding hydrogens is 320 g/mol. The molecular formula is C19H23ClN4. The van der Waals surface area contributed by atoms with Crippen LogP contribution in [0.15, 0.2) is 36.7 Å². The fraction of sp³-hybridized carbons (Fsp3) is 0.474. The highest BCUT2D eigenvalue weighted by atomic mass is 35.5. The number of nitrogens with zero attached hydrogens (tertiary/aromatic N) is 4. The summed E-state index contributed by atoms with van der Waals surface area (Å²) in [5.74, 6) is 0.752. The molecule has 0 bridgehead atoms. The largest absolute Gasteiger partial charge is 0.298 e. The van der Waals surface area contributed by atoms with Gasteiger partial charge in [0.25, 0.3) is 0 Å². The van der Waals surface area contributed by atoms with Gasteiger partial charge in [-0.05, 0) is 44.0 Å². The number of piperazine rings is 1. The number of hydrogen-bond acceptors (Lipinski definition) is 4. The fourth-order valence-corrected chi connectivity index (χ4v) is 3.57. The van der Waals surface area contributed by atoms with Crippen molar-refractivity contribution in [3.63, 3.8) is 0 Å². The Hall–Kier alpha value is -1.49. The van der Waals surface area contributed by atoms with Crippen molar-refractivity contribution in [3.8, 4) is 11.4 Å². The highest BCUT2D eigenvalue weighted by molar-refractivity contribution is 6.30. The standard InChI is InChI=1S/C19H23ClN4/c1-14-12-24(18-6-7-18)9-8-23(14)13-15-10-21-19(22-11-15)16-2-4-17(20)5-3-16/h2-5,10-11,14,18H,6-9,12-13H2,1H3. The smallest absolute Gasteiger partial charge is 0.159 e. The Labute approximate surface area is 148 Å². The van der Waals surface area contributed by atoms with E-state index in [9.17, 15) is 0 Å². The molecule has 1 unspecified atom stereocenters. The Bertz CT molecular complexity index is 682. The average molecular weight is 343 g/mol. The highest BCUT2D eigenvalue weighted by Gasteiger charge is 2.33. The number of hydrogen-bond donors (Lipinski definition) is 0. The van der Waals surface area contributed by atoms with Crippen LogP contribution >= 0.6 is 11.6 Å². The van der Waals surface area contributed by atoms with Gasteiger partial charge in [-0.3, -0.25) is 9.80 Å². The maximum Gasteiger partial charge on any atom is 0.159 e. The van der Waals surface area contributed by atoms with Gasteiger partial charge in [0.1, 0.15) is 0 Å². The third-order valence-corrected chi connectivity index (χ3v) is 5.31. The van der Waals surface area contributed by atoms with E-state index < -0.39 is 0 Å². The van der Waals surface area contributed by atoms with Crippen molar-refractivity contribution in [3.05, 3.63) is 47.2 Å². The van der Waals surface area contributed by atoms with Gasteiger partial charge in [-0.25, -0.2) is 9.97 Å². The van der Waals surface area contributed by atoms with Crippen LogP contribution in [-0.4, -0.2) is 51.5 Å². The zero-order chi connectivity index (χ0) is 16.5. The van der Waals surface area contributed by atoms with E-state index in [-0.39, 0.29) is 0 Å². The van der Waals surface area contributed by atoms with Gasteiger partial charge >= 0.3 is 0 Å². The molecule has 1 saturated carbocycles. The van der Waals surface area contributed by atoms with Gasteiger partial charge in [0.2, 0.25) is 0 Å². The van der Waals surface area contributed by atoms with Crippen molar-refractivity contribution in [2.24, 2.45) is 0 Å². The van der Waals surface area contributed by atoms with E-state index in [1.54, 1.807) is 0 Å². The summed E-state index contributed by atoms with van der Waals surface area (Å²) in [6.45, 7) is 6.78. The van der Waals surface area contributed by atoms with Crippen LogP contribution in [0.1, 0.15) is 25.3 Å². The molecule has 0 amide bonds. The molecule has 0 N–H and O–H groups in total. The lowest BCUT2D eigenvalue weighted by molar-refractivity contribution is 0.0728. The molecule has 1 atom stereocenters. The van der Waals surface area contributed by atoms with Crippen LogP contribution in [0, 0.1) is 0 Å². The number of aromatic nitrogens is 2. The molecule has 2 aromatic rings. The summed E-state index contributed by atoms with van der Waals surface area (Å²) < 4.78 is 0. The summed E-state index contributed by atoms with van der Waals surface area (Å²) in [5, 5.41) is 0.731. The van der Waals surface area contributed by atoms with Crippen LogP contribution < -0.4 is 0 Å². The van der Waals surface area contributed by atoms with Crippen molar-refractivity contribution in [2.45, 2.75) is 38.4 Å². The van der Waals surface area contributed by atoms with Crippen LogP contribution in [0.5, 0.6) is 0 Å². The van der Waals surface area contributed by atoms with E-state index in [1.807, 2.05) is 36.7 Å². The molecule has 1 aliphatic carbocycles. The van der Waals surface area contributed by atoms with Gasteiger partial charge in [0.15, 0.2) is 5.82 Å². The topological polar surface area (TPSA) is 32.3 Å². The SMILES string of the molecule is CC1CN(C2CC2)CCN1Cc1cnc(-c2ccc(Cl)cc2)nc1. The Balaban J connectivity index is 1.39. The van der Waals surface area contributed by atoms with Crippen LogP contribution in [-0.2, 0) is 6.54 Å². The van der Waals surface area contributed by atoms with E-state index in [2.05, 4.69) is 26.7 Å². The van der Waals surface area contributed by atoms with Gasteiger partial charge in [0.05, 0.1) is 0 Å². The third-order valence-electron chi connectivity index (χ3n) is 5.05. The highest BCUT2D eigenvalue weighted by Crippen LogP contribution is 2.29. The van der Waals surface area contributed by atoms with E-state index in [0.29, 0.717) is 6.04 Å². The first-order chi connectivity index (χ1) is 11.7. The molecule has 2 heterocycles. The molecule has 1 aliphatic heterocycles. The predicted molar refractivity (Wildman–Crippen MR) is 96.9 cm³/mol. The van der Waals surface area contributed by atoms with Crippen molar-refractivity contribution in [1.82, 2.24) is 19.8 Å². The first-order valence-corrected chi connectivity index (χ1v) is 9.12. The minimum atomic E-state index is 0.593. The first-order valence-electron chi connectivity index (χ1n) is 8.74. The molecule has 2 aliphatic rings. The zero-order valence-corrected chi connectivity index (χ0v) is 14.8. The summed E-state index contributed by atoms with van der Waals surface area (Å²) in [5.41, 5.74) is 2.18. The fourth-order valence-electron chi connectivity index (χ4n) is 3.45. The van der Waals surface area contributed by atoms with Crippen LogP contribution in [0.3, 0.4) is 0 Å². The van der Waals surface area contributed by atoms with Crippen molar-refractivity contribution < 1.29 is 0 Å². The second-order valence-electron chi connectivity index (χ2n) is 6.97. The van der Waals surface area contributed by atoms with E-state index >= 15 is 0 Å². The molecule has 24 heavy (non-hydrogen) atoms. The lowest BCUT2D eigenvalue weighted by Gasteiger charge is -2.40. The Morgan fingerprint density at radius 1 is 1.08 bits per heavy atom. The molecule has 2 fully saturated rings. The van der Waals surface area contributed by atoms with Crippen LogP contribution in [0.25, 0.3) is 11.4 Å². The van der Waals surface area contributed by atoms with Gasteiger partial charge < -0.3 is 0 Å². The van der Waals surface area contributed by atoms with Gasteiger partial charge in [-0.1, -0.05) is 11.6 Å². The van der Waals surface area contributed by atoms with E-state index in [4.69, 9.17) is 11.6 Å². The van der Waals surface area contributed by atoms with E-state index in [0.717, 1.165) is 35.5 Å². The molecule has 5 heteroatoms. The summed E-state index contributed by atoms with van der Waals surface area (Å²) >= 11 is 5.93. The lowest BCUT2D eigenvalue weighted by Crippen LogP contribution is -2.51. The molecule has 1 saturated heterocycles. The normalized spacial score (nSPS) is 22.7. The summed E-state index contributed by atoms with van der Waals surface area (Å²) in [6, 6.07) is 9.11. The second kappa shape index (κ2) is 6.79. The molecule has 0 radical (unpaired) electrons. The maximum absolute atomic E-state index is 5.93. The predicted octanol–water partition coefficient (Wildman–Crippen LogP) is 3.47. The maximum atomic E-state index is 5.93. The van der Waals surface area contributed by atoms with Gasteiger partial charge in [-0.15, -0.1) is 0 Å². The van der Waals surface area contributed by atoms with Gasteiger partial charge in [-0.2, -0.15) is 0 Å². The van der Waals surface area contributed by atoms with Crippen LogP contribution in [0.4, 0.5) is 0 Å². The molecule has 1 aromatic heterocycles. The first kappa shape index (κ1) is 16.0. The van der Waals surface area contributed by atoms with Crippen molar-refractivity contribution in [1.29, 1.82) is 0 Å². The van der Waals surface area contributed by atoms with Crippen LogP contribution in [0.2, 0.25) is 5.02 Å². The summed E-state index contributed by atoms with van der Waals surface area (Å²) in [4.78, 5) is 14.3. The molecule has 126 valence electrons. The van der Waals surface area contributed by atoms with E-state index in [1.165, 1.54) is 31.5 Å². The minimum Gasteiger partial charge on any atom is -0.298 e. The molecule has 4 nitrogen and oxygen atoms in total. The molecule has 4 rings (SSSR count). The Morgan fingerprint density at radius 3 is 2.42 bits per heavy atom. The number of benzene rings is 1. The zero-order valence-electron chi connectivity index (χ0n) is 14.0. The van der Waals surface area contributed by atoms with Crippen molar-refractivity contribution in [2.75, 3.05) is 19.6 Å². The quantitative estimate of drug-likeness (QED) is 0.851. The summed E-state index contributed by atoms with van der Waals surface area (Å²) in [7, 11) is 0. The number of rotatable bonds is 4. The minimum absolute atomic E-state index is 0.593. The average Bonchev–Trinajstić information content (AvgIpc) is 3.43. The molecule has 0 spiro atoms.